The van der Waals surface area contributed by atoms with Crippen molar-refractivity contribution in [3.63, 3.8) is 0 Å². The molecule has 4 rings (SSSR count). The number of carbonyl (C=O) groups excluding carboxylic acids is 1. The van der Waals surface area contributed by atoms with E-state index in [9.17, 15) is 4.79 Å². The van der Waals surface area contributed by atoms with Crippen LogP contribution < -0.4 is 4.74 Å². The molecule has 1 aromatic heterocycles. The minimum absolute atomic E-state index is 0.151. The minimum atomic E-state index is 0.151. The molecule has 2 atom stereocenters. The summed E-state index contributed by atoms with van der Waals surface area (Å²) in [6.07, 6.45) is 0. The van der Waals surface area contributed by atoms with E-state index in [1.807, 2.05) is 36.1 Å². The first-order valence-corrected chi connectivity index (χ1v) is 9.55. The van der Waals surface area contributed by atoms with E-state index in [1.54, 1.807) is 18.4 Å². The first kappa shape index (κ1) is 16.5. The molecule has 1 aromatic carbocycles. The summed E-state index contributed by atoms with van der Waals surface area (Å²) in [5.41, 5.74) is 2.29. The molecule has 132 valence electrons. The molecule has 2 fully saturated rings. The summed E-state index contributed by atoms with van der Waals surface area (Å²) in [5.74, 6) is 1.75. The van der Waals surface area contributed by atoms with Crippen LogP contribution >= 0.6 is 11.3 Å². The van der Waals surface area contributed by atoms with Gasteiger partial charge in [-0.15, -0.1) is 11.3 Å². The highest BCUT2D eigenvalue weighted by atomic mass is 32.1. The van der Waals surface area contributed by atoms with Gasteiger partial charge in [0.2, 0.25) is 5.91 Å². The molecule has 2 aliphatic heterocycles. The van der Waals surface area contributed by atoms with Crippen molar-refractivity contribution < 1.29 is 9.53 Å². The van der Waals surface area contributed by atoms with E-state index in [2.05, 4.69) is 15.3 Å². The van der Waals surface area contributed by atoms with Crippen LogP contribution in [0, 0.1) is 18.8 Å². The third-order valence-corrected chi connectivity index (χ3v) is 6.01. The molecule has 25 heavy (non-hydrogen) atoms. The van der Waals surface area contributed by atoms with Gasteiger partial charge in [-0.2, -0.15) is 0 Å². The fourth-order valence-corrected chi connectivity index (χ4v) is 4.57. The second kappa shape index (κ2) is 6.77. The molecule has 0 spiro atoms. The van der Waals surface area contributed by atoms with Gasteiger partial charge in [-0.05, 0) is 24.6 Å². The van der Waals surface area contributed by atoms with Crippen molar-refractivity contribution in [1.82, 2.24) is 14.8 Å². The molecule has 0 N–H and O–H groups in total. The lowest BCUT2D eigenvalue weighted by Gasteiger charge is -2.21. The first-order chi connectivity index (χ1) is 12.1. The van der Waals surface area contributed by atoms with E-state index in [1.165, 1.54) is 0 Å². The number of amides is 1. The number of thiazole rings is 1. The van der Waals surface area contributed by atoms with Crippen LogP contribution in [0.2, 0.25) is 0 Å². The number of carbonyl (C=O) groups is 1. The van der Waals surface area contributed by atoms with E-state index in [-0.39, 0.29) is 5.92 Å². The number of aryl methyl sites for hydroxylation is 1. The fraction of sp³-hybridized carbons (Fsp3) is 0.474. The number of likely N-dealkylation sites (tertiary alicyclic amines) is 2. The first-order valence-electron chi connectivity index (χ1n) is 8.67. The largest absolute Gasteiger partial charge is 0.497 e. The molecular formula is C19H23N3O2S. The Morgan fingerprint density at radius 1 is 1.20 bits per heavy atom. The fourth-order valence-electron chi connectivity index (χ4n) is 3.97. The SMILES string of the molecule is COc1ccc(CN2C[C@@H]3CN(Cc4csc(C)n4)C[C@@H]3C2=O)cc1. The summed E-state index contributed by atoms with van der Waals surface area (Å²) in [6.45, 7) is 6.31. The van der Waals surface area contributed by atoms with Crippen molar-refractivity contribution in [1.29, 1.82) is 0 Å². The van der Waals surface area contributed by atoms with Gasteiger partial charge in [-0.3, -0.25) is 9.69 Å². The lowest BCUT2D eigenvalue weighted by Crippen LogP contribution is -2.32. The van der Waals surface area contributed by atoms with Crippen molar-refractivity contribution in [2.24, 2.45) is 11.8 Å². The van der Waals surface area contributed by atoms with Crippen LogP contribution in [0.4, 0.5) is 0 Å². The average molecular weight is 357 g/mol. The second-order valence-corrected chi connectivity index (χ2v) is 8.05. The van der Waals surface area contributed by atoms with Crippen LogP contribution in [-0.4, -0.2) is 47.4 Å². The van der Waals surface area contributed by atoms with Gasteiger partial charge in [0.05, 0.1) is 23.7 Å². The third-order valence-electron chi connectivity index (χ3n) is 5.19. The standard InChI is InChI=1S/C19H23N3O2S/c1-13-20-16(12-25-13)10-21-8-15-9-22(19(23)18(15)11-21)7-14-3-5-17(24-2)6-4-14/h3-6,12,15,18H,7-11H2,1-2H3/t15-,18-/m0/s1. The zero-order valence-electron chi connectivity index (χ0n) is 14.6. The van der Waals surface area contributed by atoms with E-state index >= 15 is 0 Å². The molecule has 2 aromatic rings. The molecule has 6 heteroatoms. The van der Waals surface area contributed by atoms with Crippen LogP contribution in [0.3, 0.4) is 0 Å². The van der Waals surface area contributed by atoms with Crippen molar-refractivity contribution >= 4 is 17.2 Å². The molecule has 5 nitrogen and oxygen atoms in total. The number of fused-ring (bicyclic) bond motifs is 1. The van der Waals surface area contributed by atoms with Crippen molar-refractivity contribution in [2.45, 2.75) is 20.0 Å². The van der Waals surface area contributed by atoms with Crippen LogP contribution in [0.1, 0.15) is 16.3 Å². The molecule has 0 bridgehead atoms. The topological polar surface area (TPSA) is 45.7 Å². The number of rotatable bonds is 5. The number of hydrogen-bond acceptors (Lipinski definition) is 5. The Labute approximate surface area is 152 Å². The van der Waals surface area contributed by atoms with Crippen LogP contribution in [0.5, 0.6) is 5.75 Å². The molecular weight excluding hydrogens is 334 g/mol. The highest BCUT2D eigenvalue weighted by molar-refractivity contribution is 7.09. The zero-order chi connectivity index (χ0) is 17.4. The van der Waals surface area contributed by atoms with Gasteiger partial charge in [0.15, 0.2) is 0 Å². The number of ether oxygens (including phenoxy) is 1. The van der Waals surface area contributed by atoms with Gasteiger partial charge in [0.1, 0.15) is 5.75 Å². The van der Waals surface area contributed by atoms with Crippen molar-refractivity contribution in [3.8, 4) is 5.75 Å². The number of hydrogen-bond donors (Lipinski definition) is 0. The van der Waals surface area contributed by atoms with Gasteiger partial charge in [0, 0.05) is 44.0 Å². The minimum Gasteiger partial charge on any atom is -0.497 e. The quantitative estimate of drug-likeness (QED) is 0.825. The van der Waals surface area contributed by atoms with Gasteiger partial charge < -0.3 is 9.64 Å². The lowest BCUT2D eigenvalue weighted by molar-refractivity contribution is -0.131. The van der Waals surface area contributed by atoms with Gasteiger partial charge >= 0.3 is 0 Å². The summed E-state index contributed by atoms with van der Waals surface area (Å²) in [7, 11) is 1.67. The summed E-state index contributed by atoms with van der Waals surface area (Å²) >= 11 is 1.69. The molecule has 0 aliphatic carbocycles. The molecule has 3 heterocycles. The average Bonchev–Trinajstić information content (AvgIpc) is 3.27. The van der Waals surface area contributed by atoms with E-state index in [4.69, 9.17) is 4.74 Å². The Bertz CT molecular complexity index is 758. The Kier molecular flexibility index (Phi) is 4.48. The third kappa shape index (κ3) is 3.41. The van der Waals surface area contributed by atoms with Gasteiger partial charge in [-0.25, -0.2) is 4.98 Å². The normalized spacial score (nSPS) is 23.3. The van der Waals surface area contributed by atoms with Crippen LogP contribution in [0.25, 0.3) is 0 Å². The maximum absolute atomic E-state index is 12.8. The Morgan fingerprint density at radius 3 is 2.64 bits per heavy atom. The van der Waals surface area contributed by atoms with Crippen molar-refractivity contribution in [2.75, 3.05) is 26.7 Å². The second-order valence-electron chi connectivity index (χ2n) is 6.99. The van der Waals surface area contributed by atoms with Crippen LogP contribution in [0.15, 0.2) is 29.6 Å². The summed E-state index contributed by atoms with van der Waals surface area (Å²) < 4.78 is 5.19. The molecule has 1 amide bonds. The highest BCUT2D eigenvalue weighted by Crippen LogP contribution is 2.34. The van der Waals surface area contributed by atoms with Crippen LogP contribution in [-0.2, 0) is 17.9 Å². The lowest BCUT2D eigenvalue weighted by atomic mass is 10.0. The van der Waals surface area contributed by atoms with E-state index < -0.39 is 0 Å². The monoisotopic (exact) mass is 357 g/mol. The summed E-state index contributed by atoms with van der Waals surface area (Å²) in [4.78, 5) is 21.7. The predicted molar refractivity (Wildman–Crippen MR) is 97.5 cm³/mol. The zero-order valence-corrected chi connectivity index (χ0v) is 15.5. The van der Waals surface area contributed by atoms with E-state index in [0.717, 1.165) is 48.2 Å². The molecule has 2 saturated heterocycles. The maximum atomic E-state index is 12.8. The highest BCUT2D eigenvalue weighted by Gasteiger charge is 2.45. The number of nitrogens with zero attached hydrogens (tertiary/aromatic N) is 3. The maximum Gasteiger partial charge on any atom is 0.227 e. The number of aromatic nitrogens is 1. The molecule has 2 aliphatic rings. The predicted octanol–water partition coefficient (Wildman–Crippen LogP) is 2.55. The number of benzene rings is 1. The smallest absolute Gasteiger partial charge is 0.227 e. The van der Waals surface area contributed by atoms with Gasteiger partial charge in [0.25, 0.3) is 0 Å². The summed E-state index contributed by atoms with van der Waals surface area (Å²) in [6, 6.07) is 7.98. The Hall–Kier alpha value is -1.92. The van der Waals surface area contributed by atoms with Gasteiger partial charge in [-0.1, -0.05) is 12.1 Å². The van der Waals surface area contributed by atoms with E-state index in [0.29, 0.717) is 18.4 Å². The van der Waals surface area contributed by atoms with Crippen molar-refractivity contribution in [3.05, 3.63) is 45.9 Å². The number of methoxy groups -OCH3 is 1. The Morgan fingerprint density at radius 2 is 2.00 bits per heavy atom. The molecule has 0 saturated carbocycles. The Balaban J connectivity index is 1.35. The summed E-state index contributed by atoms with van der Waals surface area (Å²) in [5, 5.41) is 3.23. The molecule has 0 unspecified atom stereocenters. The molecule has 0 radical (unpaired) electrons.